The zero-order chi connectivity index (χ0) is 11.1. The van der Waals surface area contributed by atoms with Crippen molar-refractivity contribution >= 4 is 5.71 Å². The van der Waals surface area contributed by atoms with Crippen LogP contribution in [0.25, 0.3) is 0 Å². The molecule has 0 atom stereocenters. The first kappa shape index (κ1) is 9.83. The highest BCUT2D eigenvalue weighted by Gasteiger charge is 2.31. The molecule has 0 radical (unpaired) electrons. The van der Waals surface area contributed by atoms with Crippen LogP contribution in [0.5, 0.6) is 11.5 Å². The molecule has 0 amide bonds. The van der Waals surface area contributed by atoms with Crippen LogP contribution < -0.4 is 4.74 Å². The van der Waals surface area contributed by atoms with Crippen LogP contribution in [-0.2, 0) is 0 Å². The Morgan fingerprint density at radius 1 is 1.40 bits per heavy atom. The van der Waals surface area contributed by atoms with Gasteiger partial charge in [0.25, 0.3) is 0 Å². The lowest BCUT2D eigenvalue weighted by atomic mass is 9.92. The van der Waals surface area contributed by atoms with Crippen LogP contribution in [0.3, 0.4) is 0 Å². The quantitative estimate of drug-likeness (QED) is 0.506. The molecule has 80 valence electrons. The highest BCUT2D eigenvalue weighted by Crippen LogP contribution is 2.35. The van der Waals surface area contributed by atoms with E-state index in [4.69, 9.17) is 9.94 Å². The Hall–Kier alpha value is -1.71. The SMILES string of the molecule is CC1(C)CC(=NO)c2ccc(O)cc2O1. The Morgan fingerprint density at radius 3 is 2.80 bits per heavy atom. The molecule has 2 N–H and O–H groups in total. The Morgan fingerprint density at radius 2 is 2.13 bits per heavy atom. The molecular weight excluding hydrogens is 194 g/mol. The number of fused-ring (bicyclic) bond motifs is 1. The van der Waals surface area contributed by atoms with E-state index in [1.165, 1.54) is 6.07 Å². The number of phenols is 1. The number of hydrogen-bond donors (Lipinski definition) is 2. The number of benzene rings is 1. The van der Waals surface area contributed by atoms with E-state index < -0.39 is 5.60 Å². The van der Waals surface area contributed by atoms with Crippen LogP contribution in [0.4, 0.5) is 0 Å². The van der Waals surface area contributed by atoms with Crippen molar-refractivity contribution in [3.8, 4) is 11.5 Å². The van der Waals surface area contributed by atoms with Gasteiger partial charge in [0.05, 0.1) is 5.71 Å². The van der Waals surface area contributed by atoms with Gasteiger partial charge in [0.1, 0.15) is 17.1 Å². The number of phenolic OH excluding ortho intramolecular Hbond substituents is 1. The molecule has 0 unspecified atom stereocenters. The van der Waals surface area contributed by atoms with Gasteiger partial charge in [-0.1, -0.05) is 5.16 Å². The summed E-state index contributed by atoms with van der Waals surface area (Å²) in [5, 5.41) is 21.5. The molecule has 0 saturated heterocycles. The Balaban J connectivity index is 2.54. The van der Waals surface area contributed by atoms with Gasteiger partial charge in [-0.3, -0.25) is 0 Å². The Kier molecular flexibility index (Phi) is 2.07. The lowest BCUT2D eigenvalue weighted by Gasteiger charge is -2.32. The molecule has 0 aliphatic carbocycles. The van der Waals surface area contributed by atoms with Crippen LogP contribution in [-0.4, -0.2) is 21.6 Å². The second-order valence-corrected chi connectivity index (χ2v) is 4.27. The predicted octanol–water partition coefficient (Wildman–Crippen LogP) is 2.13. The molecule has 1 heterocycles. The molecule has 1 aliphatic heterocycles. The second-order valence-electron chi connectivity index (χ2n) is 4.27. The minimum atomic E-state index is -0.414. The molecule has 4 heteroatoms. The van der Waals surface area contributed by atoms with Crippen LogP contribution in [0.15, 0.2) is 23.4 Å². The van der Waals surface area contributed by atoms with E-state index in [1.54, 1.807) is 12.1 Å². The van der Waals surface area contributed by atoms with Gasteiger partial charge < -0.3 is 15.1 Å². The van der Waals surface area contributed by atoms with Gasteiger partial charge in [-0.2, -0.15) is 0 Å². The highest BCUT2D eigenvalue weighted by atomic mass is 16.5. The van der Waals surface area contributed by atoms with Crippen molar-refractivity contribution in [2.45, 2.75) is 25.9 Å². The topological polar surface area (TPSA) is 62.1 Å². The number of rotatable bonds is 0. The summed E-state index contributed by atoms with van der Waals surface area (Å²) in [6, 6.07) is 4.77. The van der Waals surface area contributed by atoms with Crippen LogP contribution in [0.2, 0.25) is 0 Å². The summed E-state index contributed by atoms with van der Waals surface area (Å²) in [5.74, 6) is 0.697. The fraction of sp³-hybridized carbons (Fsp3) is 0.364. The predicted molar refractivity (Wildman–Crippen MR) is 55.8 cm³/mol. The monoisotopic (exact) mass is 207 g/mol. The summed E-state index contributed by atoms with van der Waals surface area (Å²) in [6.07, 6.45) is 0.543. The molecule has 15 heavy (non-hydrogen) atoms. The van der Waals surface area contributed by atoms with Gasteiger partial charge in [-0.05, 0) is 26.0 Å². The van der Waals surface area contributed by atoms with E-state index in [9.17, 15) is 5.11 Å². The van der Waals surface area contributed by atoms with Crippen molar-refractivity contribution in [1.82, 2.24) is 0 Å². The van der Waals surface area contributed by atoms with E-state index in [0.717, 1.165) is 5.56 Å². The fourth-order valence-corrected chi connectivity index (χ4v) is 1.76. The van der Waals surface area contributed by atoms with Crippen molar-refractivity contribution in [2.75, 3.05) is 0 Å². The average molecular weight is 207 g/mol. The van der Waals surface area contributed by atoms with Crippen LogP contribution in [0, 0.1) is 0 Å². The van der Waals surface area contributed by atoms with Gasteiger partial charge in [-0.25, -0.2) is 0 Å². The molecular formula is C11H13NO3. The van der Waals surface area contributed by atoms with Crippen molar-refractivity contribution in [1.29, 1.82) is 0 Å². The molecule has 1 aromatic rings. The maximum absolute atomic E-state index is 9.34. The maximum Gasteiger partial charge on any atom is 0.133 e. The zero-order valence-corrected chi connectivity index (χ0v) is 8.69. The molecule has 1 aliphatic rings. The van der Waals surface area contributed by atoms with E-state index in [2.05, 4.69) is 5.16 Å². The van der Waals surface area contributed by atoms with Gasteiger partial charge in [0, 0.05) is 18.1 Å². The largest absolute Gasteiger partial charge is 0.508 e. The highest BCUT2D eigenvalue weighted by molar-refractivity contribution is 6.04. The summed E-state index contributed by atoms with van der Waals surface area (Å²) in [4.78, 5) is 0. The third-order valence-corrected chi connectivity index (χ3v) is 2.38. The molecule has 2 rings (SSSR count). The molecule has 0 bridgehead atoms. The zero-order valence-electron chi connectivity index (χ0n) is 8.69. The number of hydrogen-bond acceptors (Lipinski definition) is 4. The summed E-state index contributed by atoms with van der Waals surface area (Å²) >= 11 is 0. The van der Waals surface area contributed by atoms with Crippen molar-refractivity contribution < 1.29 is 15.1 Å². The third kappa shape index (κ3) is 1.75. The maximum atomic E-state index is 9.34. The van der Waals surface area contributed by atoms with E-state index in [1.807, 2.05) is 13.8 Å². The minimum Gasteiger partial charge on any atom is -0.508 e. The van der Waals surface area contributed by atoms with E-state index >= 15 is 0 Å². The second kappa shape index (κ2) is 3.15. The van der Waals surface area contributed by atoms with Crippen LogP contribution >= 0.6 is 0 Å². The first-order valence-corrected chi connectivity index (χ1v) is 4.75. The number of ether oxygens (including phenoxy) is 1. The van der Waals surface area contributed by atoms with E-state index in [-0.39, 0.29) is 5.75 Å². The molecule has 0 aromatic heterocycles. The summed E-state index contributed by atoms with van der Waals surface area (Å²) in [6.45, 7) is 3.82. The average Bonchev–Trinajstić information content (AvgIpc) is 2.14. The summed E-state index contributed by atoms with van der Waals surface area (Å²) in [5.41, 5.74) is 0.901. The third-order valence-electron chi connectivity index (χ3n) is 2.38. The number of oxime groups is 1. The molecule has 0 fully saturated rings. The van der Waals surface area contributed by atoms with Crippen LogP contribution in [0.1, 0.15) is 25.8 Å². The fourth-order valence-electron chi connectivity index (χ4n) is 1.76. The Bertz CT molecular complexity index is 424. The van der Waals surface area contributed by atoms with Gasteiger partial charge in [-0.15, -0.1) is 0 Å². The van der Waals surface area contributed by atoms with Crippen molar-refractivity contribution in [3.63, 3.8) is 0 Å². The number of nitrogens with zero attached hydrogens (tertiary/aromatic N) is 1. The lowest BCUT2D eigenvalue weighted by Crippen LogP contribution is -2.36. The standard InChI is InChI=1S/C11H13NO3/c1-11(2)6-9(12-14)8-4-3-7(13)5-10(8)15-11/h3-5,13-14H,6H2,1-2H3. The molecule has 4 nitrogen and oxygen atoms in total. The first-order valence-electron chi connectivity index (χ1n) is 4.75. The van der Waals surface area contributed by atoms with Gasteiger partial charge in [0.15, 0.2) is 0 Å². The lowest BCUT2D eigenvalue weighted by molar-refractivity contribution is 0.109. The minimum absolute atomic E-state index is 0.142. The Labute approximate surface area is 87.8 Å². The van der Waals surface area contributed by atoms with Crippen molar-refractivity contribution in [2.24, 2.45) is 5.16 Å². The van der Waals surface area contributed by atoms with Gasteiger partial charge in [0.2, 0.25) is 0 Å². The first-order chi connectivity index (χ1) is 7.02. The molecule has 0 spiro atoms. The molecule has 1 aromatic carbocycles. The van der Waals surface area contributed by atoms with Crippen molar-refractivity contribution in [3.05, 3.63) is 23.8 Å². The summed E-state index contributed by atoms with van der Waals surface area (Å²) in [7, 11) is 0. The molecule has 0 saturated carbocycles. The van der Waals surface area contributed by atoms with Gasteiger partial charge >= 0.3 is 0 Å². The normalized spacial score (nSPS) is 20.8. The van der Waals surface area contributed by atoms with E-state index in [0.29, 0.717) is 17.9 Å². The number of aromatic hydroxyl groups is 1. The smallest absolute Gasteiger partial charge is 0.133 e. The summed E-state index contributed by atoms with van der Waals surface area (Å²) < 4.78 is 5.68.